The zero-order chi connectivity index (χ0) is 11.6. The maximum atomic E-state index is 11.4. The number of carbonyl (C=O) groups excluding carboxylic acids is 1. The SMILES string of the molecule is CC(=O)c1cc(N)ccc1O[Si](C)(C)C. The Morgan fingerprint density at radius 3 is 2.40 bits per heavy atom. The van der Waals surface area contributed by atoms with Gasteiger partial charge in [-0.3, -0.25) is 4.79 Å². The number of carbonyl (C=O) groups is 1. The van der Waals surface area contributed by atoms with Crippen molar-refractivity contribution in [2.24, 2.45) is 0 Å². The molecule has 0 fully saturated rings. The van der Waals surface area contributed by atoms with Crippen LogP contribution in [0.25, 0.3) is 0 Å². The van der Waals surface area contributed by atoms with Gasteiger partial charge in [0.15, 0.2) is 5.78 Å². The molecule has 0 amide bonds. The van der Waals surface area contributed by atoms with Crippen molar-refractivity contribution in [2.45, 2.75) is 26.6 Å². The highest BCUT2D eigenvalue weighted by Gasteiger charge is 2.19. The fourth-order valence-corrected chi connectivity index (χ4v) is 2.08. The van der Waals surface area contributed by atoms with Crippen molar-refractivity contribution in [3.05, 3.63) is 23.8 Å². The van der Waals surface area contributed by atoms with Crippen LogP contribution in [0.2, 0.25) is 19.6 Å². The molecule has 0 spiro atoms. The van der Waals surface area contributed by atoms with Gasteiger partial charge < -0.3 is 10.2 Å². The van der Waals surface area contributed by atoms with Crippen molar-refractivity contribution in [3.63, 3.8) is 0 Å². The Labute approximate surface area is 91.4 Å². The van der Waals surface area contributed by atoms with Gasteiger partial charge in [0.1, 0.15) is 5.75 Å². The Morgan fingerprint density at radius 1 is 1.33 bits per heavy atom. The van der Waals surface area contributed by atoms with E-state index in [1.807, 2.05) is 0 Å². The molecule has 0 aliphatic carbocycles. The lowest BCUT2D eigenvalue weighted by molar-refractivity contribution is 0.101. The van der Waals surface area contributed by atoms with Crippen molar-refractivity contribution in [2.75, 3.05) is 5.73 Å². The highest BCUT2D eigenvalue weighted by molar-refractivity contribution is 6.70. The van der Waals surface area contributed by atoms with Gasteiger partial charge in [0, 0.05) is 5.69 Å². The number of benzene rings is 1. The number of Topliss-reactive ketones (excluding diaryl/α,β-unsaturated/α-hetero) is 1. The lowest BCUT2D eigenvalue weighted by Crippen LogP contribution is -2.30. The molecule has 1 aromatic rings. The van der Waals surface area contributed by atoms with Crippen molar-refractivity contribution >= 4 is 19.8 Å². The lowest BCUT2D eigenvalue weighted by atomic mass is 10.1. The molecule has 0 heterocycles. The van der Waals surface area contributed by atoms with Crippen LogP contribution >= 0.6 is 0 Å². The molecule has 2 N–H and O–H groups in total. The van der Waals surface area contributed by atoms with Gasteiger partial charge in [-0.05, 0) is 44.8 Å². The van der Waals surface area contributed by atoms with Gasteiger partial charge >= 0.3 is 0 Å². The molecule has 1 rings (SSSR count). The minimum atomic E-state index is -1.69. The van der Waals surface area contributed by atoms with E-state index in [4.69, 9.17) is 10.2 Å². The van der Waals surface area contributed by atoms with Crippen LogP contribution in [0.3, 0.4) is 0 Å². The van der Waals surface area contributed by atoms with Gasteiger partial charge in [-0.2, -0.15) is 0 Å². The second-order valence-corrected chi connectivity index (χ2v) is 8.96. The molecule has 0 bridgehead atoms. The molecule has 0 saturated heterocycles. The Kier molecular flexibility index (Phi) is 3.19. The number of ketones is 1. The van der Waals surface area contributed by atoms with Crippen molar-refractivity contribution in [1.82, 2.24) is 0 Å². The molecule has 0 saturated carbocycles. The number of nitrogens with two attached hydrogens (primary N) is 1. The van der Waals surface area contributed by atoms with E-state index in [9.17, 15) is 4.79 Å². The second-order valence-electron chi connectivity index (χ2n) is 4.53. The first-order chi connectivity index (χ1) is 6.79. The summed E-state index contributed by atoms with van der Waals surface area (Å²) in [5.74, 6) is 0.631. The van der Waals surface area contributed by atoms with E-state index in [0.717, 1.165) is 0 Å². The van der Waals surface area contributed by atoms with Crippen molar-refractivity contribution in [1.29, 1.82) is 0 Å². The van der Waals surface area contributed by atoms with Crippen LogP contribution in [0, 0.1) is 0 Å². The zero-order valence-corrected chi connectivity index (χ0v) is 10.6. The number of anilines is 1. The number of nitrogen functional groups attached to an aromatic ring is 1. The van der Waals surface area contributed by atoms with E-state index in [0.29, 0.717) is 17.0 Å². The molecule has 3 nitrogen and oxygen atoms in total. The smallest absolute Gasteiger partial charge is 0.242 e. The normalized spacial score (nSPS) is 11.2. The van der Waals surface area contributed by atoms with Crippen LogP contribution in [0.5, 0.6) is 5.75 Å². The highest BCUT2D eigenvalue weighted by Crippen LogP contribution is 2.24. The van der Waals surface area contributed by atoms with Crippen LogP contribution in [0.15, 0.2) is 18.2 Å². The molecular formula is C11H17NO2Si. The summed E-state index contributed by atoms with van der Waals surface area (Å²) < 4.78 is 5.81. The molecule has 0 aliphatic heterocycles. The quantitative estimate of drug-likeness (QED) is 0.487. The summed E-state index contributed by atoms with van der Waals surface area (Å²) in [6.45, 7) is 7.75. The molecule has 82 valence electrons. The predicted octanol–water partition coefficient (Wildman–Crippen LogP) is 2.69. The monoisotopic (exact) mass is 223 g/mol. The van der Waals surface area contributed by atoms with Crippen LogP contribution in [-0.4, -0.2) is 14.1 Å². The van der Waals surface area contributed by atoms with Gasteiger partial charge in [0.25, 0.3) is 0 Å². The molecule has 1 aromatic carbocycles. The molecular weight excluding hydrogens is 206 g/mol. The highest BCUT2D eigenvalue weighted by atomic mass is 28.4. The summed E-state index contributed by atoms with van der Waals surface area (Å²) in [4.78, 5) is 11.4. The molecule has 0 unspecified atom stereocenters. The van der Waals surface area contributed by atoms with E-state index in [1.165, 1.54) is 6.92 Å². The van der Waals surface area contributed by atoms with Crippen LogP contribution in [0.4, 0.5) is 5.69 Å². The topological polar surface area (TPSA) is 52.3 Å². The molecule has 15 heavy (non-hydrogen) atoms. The molecule has 0 aromatic heterocycles. The maximum absolute atomic E-state index is 11.4. The Hall–Kier alpha value is -1.29. The van der Waals surface area contributed by atoms with Crippen molar-refractivity contribution in [3.8, 4) is 5.75 Å². The van der Waals surface area contributed by atoms with E-state index in [1.54, 1.807) is 18.2 Å². The standard InChI is InChI=1S/C11H17NO2Si/c1-8(13)10-7-9(12)5-6-11(10)14-15(2,3)4/h5-7H,12H2,1-4H3. The van der Waals surface area contributed by atoms with Gasteiger partial charge in [0.2, 0.25) is 8.32 Å². The fourth-order valence-electron chi connectivity index (χ4n) is 1.24. The van der Waals surface area contributed by atoms with Crippen LogP contribution in [0.1, 0.15) is 17.3 Å². The lowest BCUT2D eigenvalue weighted by Gasteiger charge is -2.21. The molecule has 0 aliphatic rings. The van der Waals surface area contributed by atoms with Gasteiger partial charge in [-0.15, -0.1) is 0 Å². The predicted molar refractivity (Wildman–Crippen MR) is 64.8 cm³/mol. The van der Waals surface area contributed by atoms with E-state index in [2.05, 4.69) is 19.6 Å². The third-order valence-electron chi connectivity index (χ3n) is 1.80. The van der Waals surface area contributed by atoms with Gasteiger partial charge in [0.05, 0.1) is 5.56 Å². The number of hydrogen-bond acceptors (Lipinski definition) is 3. The second kappa shape index (κ2) is 4.06. The first-order valence-electron chi connectivity index (χ1n) is 4.89. The Morgan fingerprint density at radius 2 is 1.93 bits per heavy atom. The molecule has 0 atom stereocenters. The number of hydrogen-bond donors (Lipinski definition) is 1. The largest absolute Gasteiger partial charge is 0.544 e. The Balaban J connectivity index is 3.12. The molecule has 0 radical (unpaired) electrons. The van der Waals surface area contributed by atoms with Crippen LogP contribution < -0.4 is 10.2 Å². The summed E-state index contributed by atoms with van der Waals surface area (Å²) in [7, 11) is -1.69. The first kappa shape index (κ1) is 11.8. The molecule has 4 heteroatoms. The summed E-state index contributed by atoms with van der Waals surface area (Å²) in [6, 6.07) is 5.18. The average molecular weight is 223 g/mol. The summed E-state index contributed by atoms with van der Waals surface area (Å²) >= 11 is 0. The van der Waals surface area contributed by atoms with Crippen molar-refractivity contribution < 1.29 is 9.22 Å². The first-order valence-corrected chi connectivity index (χ1v) is 8.30. The van der Waals surface area contributed by atoms with E-state index >= 15 is 0 Å². The zero-order valence-electron chi connectivity index (χ0n) is 9.63. The minimum absolute atomic E-state index is 0.0180. The summed E-state index contributed by atoms with van der Waals surface area (Å²) in [5.41, 5.74) is 6.79. The fraction of sp³-hybridized carbons (Fsp3) is 0.364. The third-order valence-corrected chi connectivity index (χ3v) is 2.63. The van der Waals surface area contributed by atoms with Gasteiger partial charge in [-0.25, -0.2) is 0 Å². The third kappa shape index (κ3) is 3.40. The Bertz CT molecular complexity index is 383. The van der Waals surface area contributed by atoms with Gasteiger partial charge in [-0.1, -0.05) is 0 Å². The van der Waals surface area contributed by atoms with E-state index in [-0.39, 0.29) is 5.78 Å². The minimum Gasteiger partial charge on any atom is -0.544 e. The van der Waals surface area contributed by atoms with E-state index < -0.39 is 8.32 Å². The average Bonchev–Trinajstić information content (AvgIpc) is 2.05. The summed E-state index contributed by atoms with van der Waals surface area (Å²) in [5, 5.41) is 0. The number of rotatable bonds is 3. The maximum Gasteiger partial charge on any atom is 0.242 e. The van der Waals surface area contributed by atoms with Crippen LogP contribution in [-0.2, 0) is 0 Å². The summed E-state index contributed by atoms with van der Waals surface area (Å²) in [6.07, 6.45) is 0.